The third kappa shape index (κ3) is 4.19. The second-order valence-corrected chi connectivity index (χ2v) is 4.48. The molecule has 17 heavy (non-hydrogen) atoms. The molecule has 1 rings (SSSR count). The number of aliphatic hydroxyl groups excluding tert-OH is 1. The van der Waals surface area contributed by atoms with E-state index in [1.54, 1.807) is 0 Å². The average molecular weight is 258 g/mol. The van der Waals surface area contributed by atoms with Crippen LogP contribution in [-0.4, -0.2) is 24.4 Å². The number of aliphatic hydroxyl groups is 1. The zero-order valence-corrected chi connectivity index (χ0v) is 11.1. The molecule has 4 heteroatoms. The van der Waals surface area contributed by atoms with Crippen LogP contribution in [0.25, 0.3) is 0 Å². The molecule has 0 amide bonds. The number of nitrogens with two attached hydrogens (primary N) is 1. The number of hydrogen-bond acceptors (Lipinski definition) is 3. The highest BCUT2D eigenvalue weighted by Crippen LogP contribution is 2.28. The minimum atomic E-state index is -0.468. The van der Waals surface area contributed by atoms with Crippen LogP contribution in [0.5, 0.6) is 5.75 Å². The van der Waals surface area contributed by atoms with E-state index in [1.165, 1.54) is 0 Å². The number of hydrogen-bond donors (Lipinski definition) is 2. The highest BCUT2D eigenvalue weighted by atomic mass is 35.5. The molecule has 0 spiro atoms. The van der Waals surface area contributed by atoms with Gasteiger partial charge in [0.1, 0.15) is 5.75 Å². The molecule has 3 nitrogen and oxygen atoms in total. The molecule has 0 aliphatic carbocycles. The van der Waals surface area contributed by atoms with Gasteiger partial charge in [-0.3, -0.25) is 0 Å². The number of rotatable bonds is 6. The van der Waals surface area contributed by atoms with Crippen molar-refractivity contribution in [1.82, 2.24) is 0 Å². The number of aryl methyl sites for hydroxylation is 2. The van der Waals surface area contributed by atoms with Crippen molar-refractivity contribution in [3.8, 4) is 5.75 Å². The van der Waals surface area contributed by atoms with Crippen LogP contribution in [0.15, 0.2) is 12.1 Å². The van der Waals surface area contributed by atoms with Gasteiger partial charge in [0.25, 0.3) is 0 Å². The number of benzene rings is 1. The van der Waals surface area contributed by atoms with E-state index in [2.05, 4.69) is 0 Å². The zero-order chi connectivity index (χ0) is 12.8. The smallest absolute Gasteiger partial charge is 0.122 e. The molecule has 0 aromatic heterocycles. The van der Waals surface area contributed by atoms with Gasteiger partial charge in [-0.05, 0) is 49.9 Å². The highest BCUT2D eigenvalue weighted by molar-refractivity contribution is 6.31. The number of halogens is 1. The van der Waals surface area contributed by atoms with Crippen molar-refractivity contribution < 1.29 is 9.84 Å². The van der Waals surface area contributed by atoms with E-state index >= 15 is 0 Å². The summed E-state index contributed by atoms with van der Waals surface area (Å²) in [6, 6.07) is 3.85. The molecule has 1 aromatic carbocycles. The molecular weight excluding hydrogens is 238 g/mol. The maximum absolute atomic E-state index is 9.47. The molecule has 0 aliphatic rings. The van der Waals surface area contributed by atoms with Crippen molar-refractivity contribution in [2.24, 2.45) is 5.73 Å². The summed E-state index contributed by atoms with van der Waals surface area (Å²) in [5, 5.41) is 10.2. The van der Waals surface area contributed by atoms with Gasteiger partial charge in [0.2, 0.25) is 0 Å². The van der Waals surface area contributed by atoms with Gasteiger partial charge >= 0.3 is 0 Å². The first-order valence-corrected chi connectivity index (χ1v) is 6.26. The minimum Gasteiger partial charge on any atom is -0.494 e. The van der Waals surface area contributed by atoms with Crippen LogP contribution in [0.4, 0.5) is 0 Å². The van der Waals surface area contributed by atoms with Crippen LogP contribution in [-0.2, 0) is 6.42 Å². The lowest BCUT2D eigenvalue weighted by molar-refractivity contribution is 0.172. The van der Waals surface area contributed by atoms with Gasteiger partial charge in [-0.25, -0.2) is 0 Å². The number of ether oxygens (including phenoxy) is 1. The predicted molar refractivity (Wildman–Crippen MR) is 70.7 cm³/mol. The summed E-state index contributed by atoms with van der Waals surface area (Å²) in [6.45, 7) is 4.79. The first-order chi connectivity index (χ1) is 8.08. The average Bonchev–Trinajstić information content (AvgIpc) is 2.31. The normalized spacial score (nSPS) is 12.5. The van der Waals surface area contributed by atoms with E-state index < -0.39 is 6.10 Å². The maximum Gasteiger partial charge on any atom is 0.122 e. The van der Waals surface area contributed by atoms with Gasteiger partial charge in [0.05, 0.1) is 12.7 Å². The Bertz CT molecular complexity index is 369. The van der Waals surface area contributed by atoms with Crippen molar-refractivity contribution in [2.45, 2.75) is 32.8 Å². The van der Waals surface area contributed by atoms with Crippen LogP contribution in [0, 0.1) is 6.92 Å². The van der Waals surface area contributed by atoms with Crippen molar-refractivity contribution >= 4 is 11.6 Å². The fraction of sp³-hybridized carbons (Fsp3) is 0.538. The lowest BCUT2D eigenvalue weighted by Gasteiger charge is -2.14. The third-order valence-electron chi connectivity index (χ3n) is 2.66. The summed E-state index contributed by atoms with van der Waals surface area (Å²) in [6.07, 6.45) is 0.869. The fourth-order valence-corrected chi connectivity index (χ4v) is 1.81. The Morgan fingerprint density at radius 3 is 2.76 bits per heavy atom. The molecule has 0 fully saturated rings. The molecule has 0 heterocycles. The largest absolute Gasteiger partial charge is 0.494 e. The predicted octanol–water partition coefficient (Wildman–Crippen LogP) is 2.30. The van der Waals surface area contributed by atoms with Crippen molar-refractivity contribution in [3.05, 3.63) is 28.3 Å². The lowest BCUT2D eigenvalue weighted by Crippen LogP contribution is -2.20. The molecule has 0 bridgehead atoms. The van der Waals surface area contributed by atoms with Gasteiger partial charge in [-0.1, -0.05) is 11.6 Å². The minimum absolute atomic E-state index is 0.281. The molecule has 1 atom stereocenters. The Kier molecular flexibility index (Phi) is 5.75. The van der Waals surface area contributed by atoms with E-state index in [0.29, 0.717) is 19.4 Å². The topological polar surface area (TPSA) is 55.5 Å². The second kappa shape index (κ2) is 6.84. The summed E-state index contributed by atoms with van der Waals surface area (Å²) in [4.78, 5) is 0. The van der Waals surface area contributed by atoms with Gasteiger partial charge in [0, 0.05) is 11.6 Å². The van der Waals surface area contributed by atoms with Gasteiger partial charge < -0.3 is 15.6 Å². The molecule has 0 saturated carbocycles. The molecule has 96 valence electrons. The highest BCUT2D eigenvalue weighted by Gasteiger charge is 2.09. The standard InChI is InChI=1S/C13H20ClNO2/c1-3-17-13-6-9(2)12(14)7-10(13)4-5-11(16)8-15/h6-7,11,16H,3-5,8,15H2,1-2H3. The summed E-state index contributed by atoms with van der Waals surface area (Å²) in [7, 11) is 0. The Labute approximate surface area is 108 Å². The monoisotopic (exact) mass is 257 g/mol. The van der Waals surface area contributed by atoms with E-state index in [0.717, 1.165) is 21.9 Å². The van der Waals surface area contributed by atoms with Crippen LogP contribution < -0.4 is 10.5 Å². The van der Waals surface area contributed by atoms with Gasteiger partial charge in [-0.2, -0.15) is 0 Å². The Hall–Kier alpha value is -0.770. The third-order valence-corrected chi connectivity index (χ3v) is 3.07. The Morgan fingerprint density at radius 1 is 1.47 bits per heavy atom. The van der Waals surface area contributed by atoms with E-state index in [1.807, 2.05) is 26.0 Å². The molecule has 3 N–H and O–H groups in total. The molecule has 0 aliphatic heterocycles. The quantitative estimate of drug-likeness (QED) is 0.822. The van der Waals surface area contributed by atoms with E-state index in [9.17, 15) is 5.11 Å². The summed E-state index contributed by atoms with van der Waals surface area (Å²) < 4.78 is 5.57. The second-order valence-electron chi connectivity index (χ2n) is 4.07. The van der Waals surface area contributed by atoms with E-state index in [4.69, 9.17) is 22.1 Å². The Balaban J connectivity index is 2.84. The van der Waals surface area contributed by atoms with Crippen molar-refractivity contribution in [1.29, 1.82) is 0 Å². The van der Waals surface area contributed by atoms with Gasteiger partial charge in [0.15, 0.2) is 0 Å². The van der Waals surface area contributed by atoms with Crippen molar-refractivity contribution in [2.75, 3.05) is 13.2 Å². The lowest BCUT2D eigenvalue weighted by atomic mass is 10.0. The van der Waals surface area contributed by atoms with Crippen LogP contribution in [0.2, 0.25) is 5.02 Å². The van der Waals surface area contributed by atoms with Crippen molar-refractivity contribution in [3.63, 3.8) is 0 Å². The summed E-state index contributed by atoms with van der Waals surface area (Å²) >= 11 is 6.09. The molecular formula is C13H20ClNO2. The first-order valence-electron chi connectivity index (χ1n) is 5.88. The fourth-order valence-electron chi connectivity index (χ4n) is 1.62. The summed E-state index contributed by atoms with van der Waals surface area (Å²) in [5.41, 5.74) is 7.40. The molecule has 0 saturated heterocycles. The summed E-state index contributed by atoms with van der Waals surface area (Å²) in [5.74, 6) is 0.846. The van der Waals surface area contributed by atoms with E-state index in [-0.39, 0.29) is 6.54 Å². The maximum atomic E-state index is 9.47. The Morgan fingerprint density at radius 2 is 2.18 bits per heavy atom. The zero-order valence-electron chi connectivity index (χ0n) is 10.4. The molecule has 1 unspecified atom stereocenters. The van der Waals surface area contributed by atoms with Crippen LogP contribution >= 0.6 is 11.6 Å². The first kappa shape index (κ1) is 14.3. The molecule has 0 radical (unpaired) electrons. The van der Waals surface area contributed by atoms with Crippen LogP contribution in [0.3, 0.4) is 0 Å². The SMILES string of the molecule is CCOc1cc(C)c(Cl)cc1CCC(O)CN. The van der Waals surface area contributed by atoms with Crippen LogP contribution in [0.1, 0.15) is 24.5 Å². The molecule has 1 aromatic rings. The van der Waals surface area contributed by atoms with Gasteiger partial charge in [-0.15, -0.1) is 0 Å².